The van der Waals surface area contributed by atoms with E-state index in [9.17, 15) is 0 Å². The molecule has 0 radical (unpaired) electrons. The molecule has 2 heterocycles. The summed E-state index contributed by atoms with van der Waals surface area (Å²) in [5.74, 6) is 0. The van der Waals surface area contributed by atoms with Crippen LogP contribution in [0.2, 0.25) is 0 Å². The van der Waals surface area contributed by atoms with Crippen molar-refractivity contribution in [2.24, 2.45) is 0 Å². The molecule has 0 fully saturated rings. The molecule has 0 N–H and O–H groups in total. The monoisotopic (exact) mass is 805 g/mol. The molecule has 0 aliphatic rings. The molecule has 2 aromatic heterocycles. The van der Waals surface area contributed by atoms with Crippen molar-refractivity contribution < 1.29 is 8.83 Å². The number of hydrogen-bond acceptors (Lipinski definition) is 3. The third-order valence-electron chi connectivity index (χ3n) is 12.3. The van der Waals surface area contributed by atoms with Gasteiger partial charge in [0.1, 0.15) is 22.3 Å². The Bertz CT molecular complexity index is 3640. The SMILES string of the molecule is c1ccc(-c2ccc(-c3ccccc3-c3ccccc3N(c3cccc(-c4cccc5c4oc4ccccc45)c3)c3ccc4oc5ccccc5c4c3)c(-c3ccccc3)c2)cc1. The minimum Gasteiger partial charge on any atom is -0.456 e. The van der Waals surface area contributed by atoms with Crippen LogP contribution in [-0.2, 0) is 0 Å². The summed E-state index contributed by atoms with van der Waals surface area (Å²) in [5.41, 5.74) is 18.0. The molecule has 3 nitrogen and oxygen atoms in total. The van der Waals surface area contributed by atoms with Gasteiger partial charge in [0.15, 0.2) is 0 Å². The van der Waals surface area contributed by atoms with Crippen LogP contribution in [0.4, 0.5) is 17.1 Å². The van der Waals surface area contributed by atoms with Crippen molar-refractivity contribution in [1.82, 2.24) is 0 Å². The average molecular weight is 806 g/mol. The quantitative estimate of drug-likeness (QED) is 0.153. The number of nitrogens with zero attached hydrogens (tertiary/aromatic N) is 1. The third kappa shape index (κ3) is 6.38. The maximum atomic E-state index is 6.57. The second kappa shape index (κ2) is 15.3. The van der Waals surface area contributed by atoms with Crippen LogP contribution in [0.1, 0.15) is 0 Å². The van der Waals surface area contributed by atoms with Gasteiger partial charge in [0, 0.05) is 44.0 Å². The van der Waals surface area contributed by atoms with Crippen molar-refractivity contribution in [1.29, 1.82) is 0 Å². The number of furan rings is 2. The van der Waals surface area contributed by atoms with E-state index in [2.05, 4.69) is 217 Å². The molecule has 0 spiro atoms. The molecule has 0 aliphatic carbocycles. The highest BCUT2D eigenvalue weighted by Crippen LogP contribution is 2.47. The second-order valence-corrected chi connectivity index (χ2v) is 16.0. The molecule has 3 heteroatoms. The van der Waals surface area contributed by atoms with Gasteiger partial charge in [0.2, 0.25) is 0 Å². The van der Waals surface area contributed by atoms with E-state index in [1.165, 1.54) is 27.8 Å². The van der Waals surface area contributed by atoms with Crippen LogP contribution in [0.15, 0.2) is 245 Å². The molecule has 10 aromatic carbocycles. The Balaban J connectivity index is 1.07. The lowest BCUT2D eigenvalue weighted by atomic mass is 9.87. The van der Waals surface area contributed by atoms with Gasteiger partial charge in [0.25, 0.3) is 0 Å². The van der Waals surface area contributed by atoms with Crippen LogP contribution in [0.5, 0.6) is 0 Å². The van der Waals surface area contributed by atoms with E-state index < -0.39 is 0 Å². The summed E-state index contributed by atoms with van der Waals surface area (Å²) in [7, 11) is 0. The summed E-state index contributed by atoms with van der Waals surface area (Å²) >= 11 is 0. The average Bonchev–Trinajstić information content (AvgIpc) is 3.93. The first kappa shape index (κ1) is 36.5. The maximum Gasteiger partial charge on any atom is 0.143 e. The molecule has 63 heavy (non-hydrogen) atoms. The zero-order valence-corrected chi connectivity index (χ0v) is 34.3. The van der Waals surface area contributed by atoms with Gasteiger partial charge in [-0.3, -0.25) is 0 Å². The summed E-state index contributed by atoms with van der Waals surface area (Å²) < 4.78 is 12.9. The fourth-order valence-corrected chi connectivity index (χ4v) is 9.36. The molecule has 0 saturated heterocycles. The minimum absolute atomic E-state index is 0.858. The smallest absolute Gasteiger partial charge is 0.143 e. The Morgan fingerprint density at radius 1 is 0.254 bits per heavy atom. The first-order chi connectivity index (χ1) is 31.2. The van der Waals surface area contributed by atoms with E-state index in [1.54, 1.807) is 0 Å². The summed E-state index contributed by atoms with van der Waals surface area (Å²) in [6.45, 7) is 0. The first-order valence-corrected chi connectivity index (χ1v) is 21.4. The Morgan fingerprint density at radius 2 is 0.794 bits per heavy atom. The van der Waals surface area contributed by atoms with E-state index in [0.717, 1.165) is 88.8 Å². The molecule has 296 valence electrons. The fraction of sp³-hybridized carbons (Fsp3) is 0. The number of benzene rings is 10. The van der Waals surface area contributed by atoms with Crippen molar-refractivity contribution in [2.75, 3.05) is 4.90 Å². The first-order valence-electron chi connectivity index (χ1n) is 21.4. The lowest BCUT2D eigenvalue weighted by Gasteiger charge is -2.29. The van der Waals surface area contributed by atoms with E-state index in [-0.39, 0.29) is 0 Å². The highest BCUT2D eigenvalue weighted by Gasteiger charge is 2.23. The zero-order valence-electron chi connectivity index (χ0n) is 34.3. The topological polar surface area (TPSA) is 29.5 Å². The lowest BCUT2D eigenvalue weighted by Crippen LogP contribution is -2.11. The standard InChI is InChI=1S/C60H39NO2/c1-3-17-40(18-4-1)42-33-35-49(54(38-42)41-19-5-2-6-20-41)47-23-7-8-24-48(47)50-25-9-12-30-56(50)61(45-34-36-59-55(39-45)52-27-11-13-31-57(52)62-59)44-22-15-21-43(37-44)46-28-16-29-53-51-26-10-14-32-58(51)63-60(46)53/h1-39H. The van der Waals surface area contributed by atoms with Gasteiger partial charge in [-0.1, -0.05) is 182 Å². The van der Waals surface area contributed by atoms with Crippen molar-refractivity contribution in [2.45, 2.75) is 0 Å². The van der Waals surface area contributed by atoms with Gasteiger partial charge in [-0.05, 0) is 99.1 Å². The molecule has 0 amide bonds. The number of rotatable bonds is 8. The number of anilines is 3. The third-order valence-corrected chi connectivity index (χ3v) is 12.3. The Kier molecular flexibility index (Phi) is 8.83. The minimum atomic E-state index is 0.858. The van der Waals surface area contributed by atoms with Gasteiger partial charge < -0.3 is 13.7 Å². The molecule has 0 saturated carbocycles. The molecule has 12 rings (SSSR count). The van der Waals surface area contributed by atoms with E-state index in [4.69, 9.17) is 8.83 Å². The summed E-state index contributed by atoms with van der Waals surface area (Å²) in [5, 5.41) is 4.38. The highest BCUT2D eigenvalue weighted by molar-refractivity contribution is 6.10. The van der Waals surface area contributed by atoms with Crippen LogP contribution >= 0.6 is 0 Å². The summed E-state index contributed by atoms with van der Waals surface area (Å²) in [6, 6.07) is 84.3. The summed E-state index contributed by atoms with van der Waals surface area (Å²) in [6.07, 6.45) is 0. The van der Waals surface area contributed by atoms with E-state index in [1.807, 2.05) is 24.3 Å². The van der Waals surface area contributed by atoms with Gasteiger partial charge >= 0.3 is 0 Å². The molecule has 12 aromatic rings. The Hall–Kier alpha value is -8.40. The zero-order chi connectivity index (χ0) is 41.7. The van der Waals surface area contributed by atoms with Gasteiger partial charge in [-0.15, -0.1) is 0 Å². The van der Waals surface area contributed by atoms with E-state index >= 15 is 0 Å². The van der Waals surface area contributed by atoms with Crippen LogP contribution in [0, 0.1) is 0 Å². The second-order valence-electron chi connectivity index (χ2n) is 16.0. The predicted molar refractivity (Wildman–Crippen MR) is 263 cm³/mol. The van der Waals surface area contributed by atoms with E-state index in [0.29, 0.717) is 0 Å². The molecule has 0 bridgehead atoms. The van der Waals surface area contributed by atoms with Crippen molar-refractivity contribution in [3.63, 3.8) is 0 Å². The number of fused-ring (bicyclic) bond motifs is 6. The molecular formula is C60H39NO2. The van der Waals surface area contributed by atoms with Crippen LogP contribution < -0.4 is 4.90 Å². The predicted octanol–water partition coefficient (Wildman–Crippen LogP) is 17.3. The van der Waals surface area contributed by atoms with Gasteiger partial charge in [-0.25, -0.2) is 0 Å². The molecule has 0 unspecified atom stereocenters. The van der Waals surface area contributed by atoms with Crippen LogP contribution in [-0.4, -0.2) is 0 Å². The molecule has 0 atom stereocenters. The lowest BCUT2D eigenvalue weighted by molar-refractivity contribution is 0.669. The maximum absolute atomic E-state index is 6.57. The highest BCUT2D eigenvalue weighted by atomic mass is 16.3. The Morgan fingerprint density at radius 3 is 1.59 bits per heavy atom. The largest absolute Gasteiger partial charge is 0.456 e. The fourth-order valence-electron chi connectivity index (χ4n) is 9.36. The number of para-hydroxylation sites is 4. The van der Waals surface area contributed by atoms with Crippen molar-refractivity contribution >= 4 is 60.9 Å². The normalized spacial score (nSPS) is 11.5. The van der Waals surface area contributed by atoms with Crippen molar-refractivity contribution in [3.05, 3.63) is 237 Å². The van der Waals surface area contributed by atoms with Gasteiger partial charge in [-0.2, -0.15) is 0 Å². The van der Waals surface area contributed by atoms with Gasteiger partial charge in [0.05, 0.1) is 5.69 Å². The van der Waals surface area contributed by atoms with Crippen molar-refractivity contribution in [3.8, 4) is 55.6 Å². The van der Waals surface area contributed by atoms with Crippen LogP contribution in [0.25, 0.3) is 99.5 Å². The molecular weight excluding hydrogens is 767 g/mol. The summed E-state index contributed by atoms with van der Waals surface area (Å²) in [4.78, 5) is 2.40. The Labute approximate surface area is 365 Å². The molecule has 0 aliphatic heterocycles. The van der Waals surface area contributed by atoms with Crippen LogP contribution in [0.3, 0.4) is 0 Å². The number of hydrogen-bond donors (Lipinski definition) is 0.